The SMILES string of the molecule is COC(=O)c1ccc2c(c1)C[C@H]1CC[C@@H](C2)[C@H]1NS(=O)(=O)NCC(F)(F)F. The molecule has 0 heterocycles. The van der Waals surface area contributed by atoms with Gasteiger partial charge in [-0.25, -0.2) is 4.79 Å². The summed E-state index contributed by atoms with van der Waals surface area (Å²) in [5.41, 5.74) is 2.41. The van der Waals surface area contributed by atoms with Crippen LogP contribution < -0.4 is 9.44 Å². The molecule has 1 aromatic carbocycles. The molecule has 0 amide bonds. The molecule has 150 valence electrons. The van der Waals surface area contributed by atoms with Gasteiger partial charge in [-0.3, -0.25) is 0 Å². The number of hydrogen-bond acceptors (Lipinski definition) is 4. The minimum absolute atomic E-state index is 0.00249. The number of fused-ring (bicyclic) bond motifs is 3. The maximum Gasteiger partial charge on any atom is 0.402 e. The molecule has 0 unspecified atom stereocenters. The maximum atomic E-state index is 12.3. The Balaban J connectivity index is 1.76. The van der Waals surface area contributed by atoms with Gasteiger partial charge in [0.25, 0.3) is 10.2 Å². The summed E-state index contributed by atoms with van der Waals surface area (Å²) in [6.45, 7) is -1.60. The van der Waals surface area contributed by atoms with Crippen LogP contribution in [0.25, 0.3) is 0 Å². The number of nitrogens with one attached hydrogen (secondary N) is 2. The lowest BCUT2D eigenvalue weighted by atomic mass is 9.92. The molecule has 1 aromatic rings. The van der Waals surface area contributed by atoms with E-state index in [4.69, 9.17) is 4.74 Å². The van der Waals surface area contributed by atoms with Gasteiger partial charge in [-0.2, -0.15) is 31.0 Å². The van der Waals surface area contributed by atoms with E-state index in [0.29, 0.717) is 18.4 Å². The Labute approximate surface area is 155 Å². The molecule has 6 nitrogen and oxygen atoms in total. The van der Waals surface area contributed by atoms with E-state index < -0.39 is 34.9 Å². The fourth-order valence-electron chi connectivity index (χ4n) is 4.05. The Morgan fingerprint density at radius 1 is 1.19 bits per heavy atom. The fourth-order valence-corrected chi connectivity index (χ4v) is 5.23. The summed E-state index contributed by atoms with van der Waals surface area (Å²) >= 11 is 0. The van der Waals surface area contributed by atoms with E-state index in [0.717, 1.165) is 24.0 Å². The van der Waals surface area contributed by atoms with Gasteiger partial charge in [0.15, 0.2) is 0 Å². The molecule has 2 aliphatic rings. The Morgan fingerprint density at radius 2 is 1.81 bits per heavy atom. The Bertz CT molecular complexity index is 826. The Morgan fingerprint density at radius 3 is 2.41 bits per heavy atom. The highest BCUT2D eigenvalue weighted by Gasteiger charge is 2.41. The van der Waals surface area contributed by atoms with Gasteiger partial charge >= 0.3 is 12.1 Å². The lowest BCUT2D eigenvalue weighted by molar-refractivity contribution is -0.121. The van der Waals surface area contributed by atoms with Crippen molar-refractivity contribution in [2.24, 2.45) is 11.8 Å². The smallest absolute Gasteiger partial charge is 0.402 e. The van der Waals surface area contributed by atoms with Gasteiger partial charge in [-0.1, -0.05) is 6.07 Å². The monoisotopic (exact) mass is 406 g/mol. The van der Waals surface area contributed by atoms with Crippen LogP contribution in [0.2, 0.25) is 0 Å². The largest absolute Gasteiger partial charge is 0.465 e. The first-order valence-electron chi connectivity index (χ1n) is 8.62. The van der Waals surface area contributed by atoms with E-state index in [1.807, 2.05) is 6.07 Å². The van der Waals surface area contributed by atoms with Crippen molar-refractivity contribution in [2.75, 3.05) is 13.7 Å². The second-order valence-electron chi connectivity index (χ2n) is 7.06. The van der Waals surface area contributed by atoms with Crippen molar-refractivity contribution in [3.63, 3.8) is 0 Å². The van der Waals surface area contributed by atoms with Gasteiger partial charge in [-0.05, 0) is 60.8 Å². The number of halogens is 3. The predicted molar refractivity (Wildman–Crippen MR) is 91.3 cm³/mol. The summed E-state index contributed by atoms with van der Waals surface area (Å²) in [4.78, 5) is 11.7. The number of carbonyl (C=O) groups is 1. The summed E-state index contributed by atoms with van der Waals surface area (Å²) in [7, 11) is -2.96. The van der Waals surface area contributed by atoms with E-state index in [-0.39, 0.29) is 11.8 Å². The van der Waals surface area contributed by atoms with Crippen LogP contribution >= 0.6 is 0 Å². The van der Waals surface area contributed by atoms with Crippen LogP contribution in [0.15, 0.2) is 18.2 Å². The Hall–Kier alpha value is -1.65. The summed E-state index contributed by atoms with van der Waals surface area (Å²) in [6.07, 6.45) is -1.87. The molecule has 2 N–H and O–H groups in total. The van der Waals surface area contributed by atoms with Gasteiger partial charge in [0.1, 0.15) is 6.54 Å². The van der Waals surface area contributed by atoms with Gasteiger partial charge < -0.3 is 4.74 Å². The lowest BCUT2D eigenvalue weighted by Crippen LogP contribution is -2.49. The van der Waals surface area contributed by atoms with Crippen molar-refractivity contribution < 1.29 is 31.1 Å². The van der Waals surface area contributed by atoms with Crippen LogP contribution in [0, 0.1) is 11.8 Å². The summed E-state index contributed by atoms with van der Waals surface area (Å²) in [5.74, 6) is -0.477. The van der Waals surface area contributed by atoms with Crippen molar-refractivity contribution in [3.8, 4) is 0 Å². The molecular weight excluding hydrogens is 385 g/mol. The molecule has 0 radical (unpaired) electrons. The minimum Gasteiger partial charge on any atom is -0.465 e. The van der Waals surface area contributed by atoms with Crippen LogP contribution in [0.1, 0.15) is 34.3 Å². The highest BCUT2D eigenvalue weighted by Crippen LogP contribution is 2.40. The van der Waals surface area contributed by atoms with Gasteiger partial charge in [0.05, 0.1) is 12.7 Å². The molecule has 0 aliphatic heterocycles. The van der Waals surface area contributed by atoms with Crippen LogP contribution in [0.3, 0.4) is 0 Å². The van der Waals surface area contributed by atoms with Crippen molar-refractivity contribution in [1.82, 2.24) is 9.44 Å². The summed E-state index contributed by atoms with van der Waals surface area (Å²) in [6, 6.07) is 4.84. The molecule has 27 heavy (non-hydrogen) atoms. The molecule has 10 heteroatoms. The van der Waals surface area contributed by atoms with E-state index in [1.54, 1.807) is 16.9 Å². The molecule has 1 fully saturated rings. The quantitative estimate of drug-likeness (QED) is 0.732. The first-order chi connectivity index (χ1) is 12.6. The molecule has 3 atom stereocenters. The number of ether oxygens (including phenoxy) is 1. The van der Waals surface area contributed by atoms with Crippen molar-refractivity contribution in [1.29, 1.82) is 0 Å². The topological polar surface area (TPSA) is 84.5 Å². The normalized spacial score (nSPS) is 25.0. The average molecular weight is 406 g/mol. The number of esters is 1. The molecular formula is C17H21F3N2O4S. The second-order valence-corrected chi connectivity index (χ2v) is 8.60. The molecule has 0 saturated heterocycles. The van der Waals surface area contributed by atoms with Gasteiger partial charge in [0.2, 0.25) is 0 Å². The molecule has 2 aliphatic carbocycles. The van der Waals surface area contributed by atoms with E-state index in [9.17, 15) is 26.4 Å². The third kappa shape index (κ3) is 4.80. The molecule has 0 aromatic heterocycles. The zero-order valence-corrected chi connectivity index (χ0v) is 15.5. The third-order valence-corrected chi connectivity index (χ3v) is 6.38. The van der Waals surface area contributed by atoms with Crippen LogP contribution in [-0.4, -0.2) is 40.3 Å². The fraction of sp³-hybridized carbons (Fsp3) is 0.588. The number of benzene rings is 1. The Kier molecular flexibility index (Phi) is 5.51. The van der Waals surface area contributed by atoms with E-state index in [1.165, 1.54) is 7.11 Å². The second kappa shape index (κ2) is 7.40. The molecule has 0 spiro atoms. The number of hydrogen-bond donors (Lipinski definition) is 2. The lowest BCUT2D eigenvalue weighted by Gasteiger charge is -2.23. The van der Waals surface area contributed by atoms with Crippen molar-refractivity contribution in [2.45, 2.75) is 37.9 Å². The first-order valence-corrected chi connectivity index (χ1v) is 10.1. The van der Waals surface area contributed by atoms with E-state index in [2.05, 4.69) is 4.72 Å². The van der Waals surface area contributed by atoms with Crippen molar-refractivity contribution >= 4 is 16.2 Å². The third-order valence-electron chi connectivity index (χ3n) is 5.27. The highest BCUT2D eigenvalue weighted by atomic mass is 32.2. The van der Waals surface area contributed by atoms with E-state index >= 15 is 0 Å². The zero-order valence-electron chi connectivity index (χ0n) is 14.7. The average Bonchev–Trinajstić information content (AvgIpc) is 2.85. The molecule has 3 rings (SSSR count). The number of alkyl halides is 3. The molecule has 2 bridgehead atoms. The number of rotatable bonds is 5. The summed E-state index contributed by atoms with van der Waals surface area (Å²) < 4.78 is 69.8. The predicted octanol–water partition coefficient (Wildman–Crippen LogP) is 1.95. The molecule has 1 saturated carbocycles. The van der Waals surface area contributed by atoms with Crippen LogP contribution in [0.5, 0.6) is 0 Å². The van der Waals surface area contributed by atoms with Crippen molar-refractivity contribution in [3.05, 3.63) is 34.9 Å². The standard InChI is InChI=1S/C17H21F3N2O4S/c1-26-16(23)13-5-2-10-6-11-3-4-12(7-14(10)8-13)15(11)22-27(24,25)21-9-17(18,19)20/h2,5,8,11-12,15,21-22H,3-4,6-7,9H2,1H3/t11-,12+,15+/m0/s1. The summed E-state index contributed by atoms with van der Waals surface area (Å²) in [5, 5.41) is 0. The highest BCUT2D eigenvalue weighted by molar-refractivity contribution is 7.87. The van der Waals surface area contributed by atoms with Gasteiger partial charge in [0, 0.05) is 6.04 Å². The number of carbonyl (C=O) groups excluding carboxylic acids is 1. The zero-order chi connectivity index (χ0) is 19.8. The number of methoxy groups -OCH3 is 1. The first kappa shape index (κ1) is 20.1. The van der Waals surface area contributed by atoms with Crippen LogP contribution in [0.4, 0.5) is 13.2 Å². The van der Waals surface area contributed by atoms with Crippen LogP contribution in [-0.2, 0) is 27.8 Å². The maximum absolute atomic E-state index is 12.3. The van der Waals surface area contributed by atoms with Gasteiger partial charge in [-0.15, -0.1) is 0 Å². The minimum atomic E-state index is -4.61.